The molecule has 0 rings (SSSR count). The van der Waals surface area contributed by atoms with Crippen LogP contribution < -0.4 is 21.7 Å². The van der Waals surface area contributed by atoms with Crippen LogP contribution in [-0.2, 0) is 52.5 Å². The predicted octanol–water partition coefficient (Wildman–Crippen LogP) is 4.01. The Labute approximate surface area is 351 Å². The number of primary amides is 1. The highest BCUT2D eigenvalue weighted by molar-refractivity contribution is 5.85. The number of carboxylic acids is 2. The van der Waals surface area contributed by atoms with E-state index in [4.69, 9.17) is 29.8 Å². The van der Waals surface area contributed by atoms with E-state index < -0.39 is 18.0 Å². The lowest BCUT2D eigenvalue weighted by Gasteiger charge is -2.14. The third-order valence-electron chi connectivity index (χ3n) is 9.58. The molecule has 0 spiro atoms. The molecule has 3 amide bonds. The van der Waals surface area contributed by atoms with Crippen LogP contribution in [0.4, 0.5) is 0 Å². The minimum atomic E-state index is -1.16. The summed E-state index contributed by atoms with van der Waals surface area (Å²) in [4.78, 5) is 81.8. The van der Waals surface area contributed by atoms with Gasteiger partial charge >= 0.3 is 11.9 Å². The summed E-state index contributed by atoms with van der Waals surface area (Å²) < 4.78 is 21.5. The van der Waals surface area contributed by atoms with Gasteiger partial charge in [0.1, 0.15) is 25.0 Å². The number of hydrogen-bond donors (Lipinski definition) is 6. The van der Waals surface area contributed by atoms with Crippen molar-refractivity contribution in [3.63, 3.8) is 0 Å². The Hall–Kier alpha value is -3.51. The molecule has 0 aliphatic heterocycles. The van der Waals surface area contributed by atoms with Crippen molar-refractivity contribution < 1.29 is 62.7 Å². The first kappa shape index (κ1) is 55.5. The molecular weight excluding hydrogens is 768 g/mol. The molecule has 0 fully saturated rings. The summed E-state index contributed by atoms with van der Waals surface area (Å²) in [7, 11) is 1.69. The zero-order chi connectivity index (χ0) is 43.8. The van der Waals surface area contributed by atoms with Crippen LogP contribution in [0.2, 0.25) is 0 Å². The quantitative estimate of drug-likeness (QED) is 0.0474. The molecule has 0 aromatic heterocycles. The van der Waals surface area contributed by atoms with E-state index in [1.165, 1.54) is 19.3 Å². The third kappa shape index (κ3) is 38.4. The van der Waals surface area contributed by atoms with Gasteiger partial charge in [-0.2, -0.15) is 0 Å². The van der Waals surface area contributed by atoms with Crippen LogP contribution in [0.5, 0.6) is 0 Å². The van der Waals surface area contributed by atoms with Crippen molar-refractivity contribution in [2.45, 2.75) is 160 Å². The first-order valence-electron chi connectivity index (χ1n) is 21.8. The molecule has 2 atom stereocenters. The molecule has 0 aliphatic rings. The second kappa shape index (κ2) is 39.9. The van der Waals surface area contributed by atoms with Gasteiger partial charge in [0.15, 0.2) is 5.78 Å². The highest BCUT2D eigenvalue weighted by Crippen LogP contribution is 2.13. The Morgan fingerprint density at radius 1 is 0.492 bits per heavy atom. The van der Waals surface area contributed by atoms with E-state index in [9.17, 15) is 38.7 Å². The van der Waals surface area contributed by atoms with Crippen LogP contribution in [0.15, 0.2) is 0 Å². The molecule has 0 heterocycles. The number of nitrogens with two attached hydrogens (primary N) is 1. The first-order valence-corrected chi connectivity index (χ1v) is 21.8. The fourth-order valence-electron chi connectivity index (χ4n) is 6.11. The molecule has 17 heteroatoms. The summed E-state index contributed by atoms with van der Waals surface area (Å²) in [5, 5.41) is 26.2. The van der Waals surface area contributed by atoms with Gasteiger partial charge in [-0.25, -0.2) is 4.79 Å². The number of aliphatic carboxylic acids is 2. The molecule has 7 N–H and O–H groups in total. The molecule has 0 saturated carbocycles. The van der Waals surface area contributed by atoms with Crippen molar-refractivity contribution in [1.82, 2.24) is 16.0 Å². The monoisotopic (exact) mass is 845 g/mol. The molecule has 0 aromatic carbocycles. The SMILES string of the molecule is CN[C@@H](CCCCCC(=O)COCCOCCNC(=O)COCCOCCCC(=O)CC[C@H](NC(=O)CCCCCCCCCCCCCCC(=O)O)C(=O)O)C(N)=O. The van der Waals surface area contributed by atoms with Crippen LogP contribution in [0.3, 0.4) is 0 Å². The fraction of sp³-hybridized carbons (Fsp3) is 0.833. The molecule has 0 aromatic rings. The molecule has 0 saturated heterocycles. The lowest BCUT2D eigenvalue weighted by Crippen LogP contribution is -2.41. The van der Waals surface area contributed by atoms with E-state index in [2.05, 4.69) is 16.0 Å². The van der Waals surface area contributed by atoms with Crippen molar-refractivity contribution >= 4 is 41.2 Å². The van der Waals surface area contributed by atoms with Crippen LogP contribution in [-0.4, -0.2) is 130 Å². The van der Waals surface area contributed by atoms with Crippen molar-refractivity contribution in [2.24, 2.45) is 5.73 Å². The zero-order valence-electron chi connectivity index (χ0n) is 35.7. The normalized spacial score (nSPS) is 12.2. The number of unbranched alkanes of at least 4 members (excludes halogenated alkanes) is 13. The number of likely N-dealkylation sites (N-methyl/N-ethyl adjacent to an activating group) is 1. The largest absolute Gasteiger partial charge is 0.481 e. The Morgan fingerprint density at radius 3 is 1.58 bits per heavy atom. The lowest BCUT2D eigenvalue weighted by molar-refractivity contribution is -0.142. The van der Waals surface area contributed by atoms with E-state index in [0.29, 0.717) is 38.8 Å². The van der Waals surface area contributed by atoms with Crippen LogP contribution in [0.1, 0.15) is 148 Å². The number of ether oxygens (including phenoxy) is 4. The fourth-order valence-corrected chi connectivity index (χ4v) is 6.11. The second-order valence-corrected chi connectivity index (χ2v) is 14.8. The summed E-state index contributed by atoms with van der Waals surface area (Å²) in [6.07, 6.45) is 17.1. The van der Waals surface area contributed by atoms with Crippen LogP contribution in [0.25, 0.3) is 0 Å². The van der Waals surface area contributed by atoms with E-state index in [-0.39, 0.29) is 114 Å². The van der Waals surface area contributed by atoms with Crippen molar-refractivity contribution in [3.05, 3.63) is 0 Å². The number of hydrogen-bond acceptors (Lipinski definition) is 12. The summed E-state index contributed by atoms with van der Waals surface area (Å²) in [6.45, 7) is 1.74. The zero-order valence-corrected chi connectivity index (χ0v) is 35.7. The Bertz CT molecular complexity index is 1160. The van der Waals surface area contributed by atoms with Crippen LogP contribution in [0, 0.1) is 0 Å². The Balaban J connectivity index is 3.66. The van der Waals surface area contributed by atoms with Gasteiger partial charge in [0.2, 0.25) is 17.7 Å². The molecule has 17 nitrogen and oxygen atoms in total. The van der Waals surface area contributed by atoms with E-state index in [0.717, 1.165) is 70.6 Å². The van der Waals surface area contributed by atoms with E-state index >= 15 is 0 Å². The number of carbonyl (C=O) groups is 7. The highest BCUT2D eigenvalue weighted by Gasteiger charge is 2.21. The second-order valence-electron chi connectivity index (χ2n) is 14.8. The minimum absolute atomic E-state index is 0.00778. The smallest absolute Gasteiger partial charge is 0.326 e. The molecule has 0 aliphatic carbocycles. The van der Waals surface area contributed by atoms with Crippen molar-refractivity contribution in [1.29, 1.82) is 0 Å². The maximum atomic E-state index is 12.3. The highest BCUT2D eigenvalue weighted by atomic mass is 16.5. The molecule has 0 radical (unpaired) electrons. The topological polar surface area (TPSA) is 259 Å². The third-order valence-corrected chi connectivity index (χ3v) is 9.58. The predicted molar refractivity (Wildman–Crippen MR) is 222 cm³/mol. The van der Waals surface area contributed by atoms with Gasteiger partial charge in [-0.15, -0.1) is 0 Å². The minimum Gasteiger partial charge on any atom is -0.481 e. The van der Waals surface area contributed by atoms with Gasteiger partial charge in [-0.05, 0) is 45.6 Å². The Kier molecular flexibility index (Phi) is 37.5. The Morgan fingerprint density at radius 2 is 1.00 bits per heavy atom. The molecule has 342 valence electrons. The van der Waals surface area contributed by atoms with Gasteiger partial charge < -0.3 is 50.8 Å². The number of carboxylic acid groups (broad SMARTS) is 2. The summed E-state index contributed by atoms with van der Waals surface area (Å²) in [5.41, 5.74) is 5.28. The van der Waals surface area contributed by atoms with Crippen molar-refractivity contribution in [3.8, 4) is 0 Å². The molecule has 0 bridgehead atoms. The van der Waals surface area contributed by atoms with Gasteiger partial charge in [-0.1, -0.05) is 77.0 Å². The number of nitrogens with one attached hydrogen (secondary N) is 3. The molecule has 59 heavy (non-hydrogen) atoms. The average molecular weight is 845 g/mol. The average Bonchev–Trinajstić information content (AvgIpc) is 3.19. The van der Waals surface area contributed by atoms with E-state index in [1.54, 1.807) is 7.05 Å². The molecular formula is C42H76N4O13. The van der Waals surface area contributed by atoms with Gasteiger partial charge in [0.25, 0.3) is 0 Å². The summed E-state index contributed by atoms with van der Waals surface area (Å²) in [5.74, 6) is -2.98. The maximum absolute atomic E-state index is 12.3. The number of amides is 3. The maximum Gasteiger partial charge on any atom is 0.326 e. The van der Waals surface area contributed by atoms with Gasteiger partial charge in [0.05, 0.1) is 39.1 Å². The molecule has 0 unspecified atom stereocenters. The van der Waals surface area contributed by atoms with Crippen LogP contribution >= 0.6 is 0 Å². The standard InChI is InChI=1S/C42H76N4O13/c1-44-36(41(43)53)20-14-12-13-18-35(48)32-58-30-29-57-27-25-45-39(50)33-59-31-28-56-26-17-19-34(47)23-24-37(42(54)55)46-38(49)21-15-10-8-6-4-2-3-5-7-9-11-16-22-40(51)52/h36-37,44H,2-33H2,1H3,(H2,43,53)(H,45,50)(H,46,49)(H,51,52)(H,54,55)/t36-,37-/m0/s1. The summed E-state index contributed by atoms with van der Waals surface area (Å²) in [6, 6.07) is -1.45. The number of rotatable bonds is 45. The van der Waals surface area contributed by atoms with Gasteiger partial charge in [-0.3, -0.25) is 28.8 Å². The number of ketones is 2. The van der Waals surface area contributed by atoms with E-state index in [1.807, 2.05) is 0 Å². The van der Waals surface area contributed by atoms with Crippen molar-refractivity contribution in [2.75, 3.05) is 66.4 Å². The lowest BCUT2D eigenvalue weighted by atomic mass is 10.0. The number of Topliss-reactive ketones (excluding diaryl/α,β-unsaturated/α-hetero) is 2. The number of carbonyl (C=O) groups excluding carboxylic acids is 5. The summed E-state index contributed by atoms with van der Waals surface area (Å²) >= 11 is 0. The van der Waals surface area contributed by atoms with Gasteiger partial charge in [0, 0.05) is 45.3 Å². The first-order chi connectivity index (χ1) is 28.5.